The third kappa shape index (κ3) is 1.90. The summed E-state index contributed by atoms with van der Waals surface area (Å²) in [6, 6.07) is 7.56. The van der Waals surface area contributed by atoms with Gasteiger partial charge in [0, 0.05) is 18.0 Å². The molecular weight excluding hydrogens is 230 g/mol. The largest absolute Gasteiger partial charge is 0.492 e. The molecule has 0 aliphatic carbocycles. The van der Waals surface area contributed by atoms with E-state index in [-0.39, 0.29) is 11.8 Å². The molecule has 1 amide bonds. The van der Waals surface area contributed by atoms with Crippen molar-refractivity contribution in [2.24, 2.45) is 0 Å². The van der Waals surface area contributed by atoms with E-state index in [0.717, 1.165) is 11.3 Å². The van der Waals surface area contributed by atoms with Crippen LogP contribution in [0.1, 0.15) is 11.5 Å². The van der Waals surface area contributed by atoms with Crippen LogP contribution in [0.2, 0.25) is 0 Å². The van der Waals surface area contributed by atoms with E-state index in [1.807, 2.05) is 24.3 Å². The van der Waals surface area contributed by atoms with Crippen molar-refractivity contribution >= 4 is 11.7 Å². The van der Waals surface area contributed by atoms with E-state index in [9.17, 15) is 4.79 Å². The zero-order valence-corrected chi connectivity index (χ0v) is 9.54. The molecule has 1 aromatic heterocycles. The second-order valence-corrected chi connectivity index (χ2v) is 3.98. The summed E-state index contributed by atoms with van der Waals surface area (Å²) in [5.74, 6) is 0.812. The third-order valence-corrected chi connectivity index (χ3v) is 2.83. The highest BCUT2D eigenvalue weighted by Crippen LogP contribution is 2.33. The van der Waals surface area contributed by atoms with Crippen LogP contribution in [-0.4, -0.2) is 22.5 Å². The molecule has 1 N–H and O–H groups in total. The number of hydrogen-bond donors (Lipinski definition) is 1. The molecule has 1 aliphatic rings. The first kappa shape index (κ1) is 10.7. The summed E-state index contributed by atoms with van der Waals surface area (Å²) in [7, 11) is 0. The minimum Gasteiger partial charge on any atom is -0.492 e. The first-order valence-electron chi connectivity index (χ1n) is 5.63. The normalized spacial score (nSPS) is 16.8. The van der Waals surface area contributed by atoms with Gasteiger partial charge in [-0.3, -0.25) is 9.78 Å². The van der Waals surface area contributed by atoms with Gasteiger partial charge >= 0.3 is 0 Å². The fourth-order valence-electron chi connectivity index (χ4n) is 1.96. The molecule has 18 heavy (non-hydrogen) atoms. The number of ether oxygens (including phenoxy) is 1. The zero-order valence-electron chi connectivity index (χ0n) is 9.54. The number of benzene rings is 1. The molecule has 0 radical (unpaired) electrons. The van der Waals surface area contributed by atoms with Gasteiger partial charge in [0.1, 0.15) is 18.3 Å². The Morgan fingerprint density at radius 3 is 3.06 bits per heavy atom. The number of rotatable bonds is 2. The average molecular weight is 241 g/mol. The first-order chi connectivity index (χ1) is 8.84. The van der Waals surface area contributed by atoms with Crippen molar-refractivity contribution in [2.75, 3.05) is 11.9 Å². The first-order valence-corrected chi connectivity index (χ1v) is 5.63. The Labute approximate surface area is 104 Å². The van der Waals surface area contributed by atoms with Crippen LogP contribution >= 0.6 is 0 Å². The minimum atomic E-state index is -0.289. The summed E-state index contributed by atoms with van der Waals surface area (Å²) in [6.45, 7) is 0.367. The topological polar surface area (TPSA) is 64.1 Å². The summed E-state index contributed by atoms with van der Waals surface area (Å²) < 4.78 is 5.47. The Morgan fingerprint density at radius 1 is 1.33 bits per heavy atom. The van der Waals surface area contributed by atoms with Gasteiger partial charge in [0.15, 0.2) is 5.82 Å². The number of anilines is 1. The molecule has 0 spiro atoms. The van der Waals surface area contributed by atoms with E-state index >= 15 is 0 Å². The van der Waals surface area contributed by atoms with Crippen LogP contribution in [0.3, 0.4) is 0 Å². The van der Waals surface area contributed by atoms with Crippen molar-refractivity contribution in [3.05, 3.63) is 48.4 Å². The highest BCUT2D eigenvalue weighted by molar-refractivity contribution is 5.96. The number of amides is 1. The molecule has 0 saturated heterocycles. The minimum absolute atomic E-state index is 0.125. The number of carbonyl (C=O) groups is 1. The van der Waals surface area contributed by atoms with Gasteiger partial charge in [-0.1, -0.05) is 18.2 Å². The van der Waals surface area contributed by atoms with Gasteiger partial charge in [0.05, 0.1) is 6.20 Å². The Hall–Kier alpha value is -2.43. The maximum absolute atomic E-state index is 12.1. The van der Waals surface area contributed by atoms with Gasteiger partial charge in [0.2, 0.25) is 5.91 Å². The summed E-state index contributed by atoms with van der Waals surface area (Å²) in [4.78, 5) is 20.0. The predicted molar refractivity (Wildman–Crippen MR) is 65.3 cm³/mol. The van der Waals surface area contributed by atoms with Gasteiger partial charge < -0.3 is 10.1 Å². The fourth-order valence-corrected chi connectivity index (χ4v) is 1.96. The lowest BCUT2D eigenvalue weighted by Gasteiger charge is -2.08. The Balaban J connectivity index is 1.79. The van der Waals surface area contributed by atoms with Crippen LogP contribution in [0.4, 0.5) is 5.82 Å². The van der Waals surface area contributed by atoms with Crippen molar-refractivity contribution in [1.82, 2.24) is 9.97 Å². The number of fused-ring (bicyclic) bond motifs is 1. The second-order valence-electron chi connectivity index (χ2n) is 3.98. The molecule has 2 aromatic rings. The Morgan fingerprint density at radius 2 is 2.22 bits per heavy atom. The van der Waals surface area contributed by atoms with E-state index in [2.05, 4.69) is 15.3 Å². The highest BCUT2D eigenvalue weighted by Gasteiger charge is 2.30. The lowest BCUT2D eigenvalue weighted by Crippen LogP contribution is -2.22. The van der Waals surface area contributed by atoms with Gasteiger partial charge in [0.25, 0.3) is 0 Å². The number of para-hydroxylation sites is 1. The molecule has 3 rings (SSSR count). The van der Waals surface area contributed by atoms with Crippen LogP contribution in [0.15, 0.2) is 42.9 Å². The van der Waals surface area contributed by atoms with Crippen molar-refractivity contribution in [1.29, 1.82) is 0 Å². The summed E-state index contributed by atoms with van der Waals surface area (Å²) in [6.07, 6.45) is 4.61. The molecule has 1 aliphatic heterocycles. The molecule has 0 bridgehead atoms. The van der Waals surface area contributed by atoms with Gasteiger partial charge in [-0.25, -0.2) is 4.98 Å². The van der Waals surface area contributed by atoms with Crippen LogP contribution in [0.5, 0.6) is 5.75 Å². The standard InChI is InChI=1S/C13H11N3O2/c17-13(16-12-7-14-5-6-15-12)10-8-18-11-4-2-1-3-9(10)11/h1-7,10H,8H2,(H,15,16,17)/t10-/m0/s1. The Bertz CT molecular complexity index is 571. The SMILES string of the molecule is O=C(Nc1cnccn1)[C@H]1COc2ccccc21. The van der Waals surface area contributed by atoms with Gasteiger partial charge in [-0.05, 0) is 6.07 Å². The number of nitrogens with zero attached hydrogens (tertiary/aromatic N) is 2. The molecular formula is C13H11N3O2. The van der Waals surface area contributed by atoms with E-state index < -0.39 is 0 Å². The van der Waals surface area contributed by atoms with Crippen molar-refractivity contribution in [2.45, 2.75) is 5.92 Å². The molecule has 1 aromatic carbocycles. The van der Waals surface area contributed by atoms with Crippen molar-refractivity contribution < 1.29 is 9.53 Å². The Kier molecular flexibility index (Phi) is 2.64. The summed E-state index contributed by atoms with van der Waals surface area (Å²) in [5, 5.41) is 2.73. The predicted octanol–water partition coefficient (Wildman–Crippen LogP) is 1.59. The van der Waals surface area contributed by atoms with Crippen LogP contribution in [0.25, 0.3) is 0 Å². The van der Waals surface area contributed by atoms with E-state index in [1.54, 1.807) is 6.20 Å². The van der Waals surface area contributed by atoms with E-state index in [0.29, 0.717) is 12.4 Å². The molecule has 90 valence electrons. The molecule has 1 atom stereocenters. The average Bonchev–Trinajstić information content (AvgIpc) is 2.84. The van der Waals surface area contributed by atoms with Crippen LogP contribution < -0.4 is 10.1 Å². The zero-order chi connectivity index (χ0) is 12.4. The van der Waals surface area contributed by atoms with Crippen molar-refractivity contribution in [3.63, 3.8) is 0 Å². The maximum Gasteiger partial charge on any atom is 0.236 e. The van der Waals surface area contributed by atoms with Crippen LogP contribution in [0, 0.1) is 0 Å². The molecule has 0 saturated carbocycles. The van der Waals surface area contributed by atoms with E-state index in [4.69, 9.17) is 4.74 Å². The molecule has 5 heteroatoms. The molecule has 2 heterocycles. The van der Waals surface area contributed by atoms with E-state index in [1.165, 1.54) is 12.4 Å². The quantitative estimate of drug-likeness (QED) is 0.867. The van der Waals surface area contributed by atoms with Crippen LogP contribution in [-0.2, 0) is 4.79 Å². The lowest BCUT2D eigenvalue weighted by atomic mass is 10.0. The number of hydrogen-bond acceptors (Lipinski definition) is 4. The van der Waals surface area contributed by atoms with Crippen molar-refractivity contribution in [3.8, 4) is 5.75 Å². The fraction of sp³-hybridized carbons (Fsp3) is 0.154. The summed E-state index contributed by atoms with van der Waals surface area (Å²) >= 11 is 0. The molecule has 5 nitrogen and oxygen atoms in total. The third-order valence-electron chi connectivity index (χ3n) is 2.83. The molecule has 0 fully saturated rings. The van der Waals surface area contributed by atoms with Gasteiger partial charge in [-0.15, -0.1) is 0 Å². The second kappa shape index (κ2) is 4.44. The monoisotopic (exact) mass is 241 g/mol. The van der Waals surface area contributed by atoms with Gasteiger partial charge in [-0.2, -0.15) is 0 Å². The summed E-state index contributed by atoms with van der Waals surface area (Å²) in [5.41, 5.74) is 0.916. The lowest BCUT2D eigenvalue weighted by molar-refractivity contribution is -0.117. The molecule has 0 unspecified atom stereocenters. The smallest absolute Gasteiger partial charge is 0.236 e. The highest BCUT2D eigenvalue weighted by atomic mass is 16.5. The maximum atomic E-state index is 12.1. The number of nitrogens with one attached hydrogen (secondary N) is 1. The number of carbonyl (C=O) groups excluding carboxylic acids is 1. The number of aromatic nitrogens is 2.